The van der Waals surface area contributed by atoms with Crippen molar-refractivity contribution in [3.05, 3.63) is 53.1 Å². The molecule has 23 heavy (non-hydrogen) atoms. The standard InChI is InChI=1S/C15H12N6O2/c1-2-19-8-16-12-13(19)17-9-20-14(12)18-11(15(20)21(22)23)10-6-4-3-5-7-10/h3-9H,2H2,1H3. The van der Waals surface area contributed by atoms with Crippen LogP contribution in [0, 0.1) is 10.1 Å². The molecule has 0 spiro atoms. The smallest absolute Gasteiger partial charge is 0.357 e. The van der Waals surface area contributed by atoms with E-state index in [2.05, 4.69) is 15.0 Å². The third-order valence-corrected chi connectivity index (χ3v) is 3.76. The van der Waals surface area contributed by atoms with Crippen LogP contribution in [0.3, 0.4) is 0 Å². The van der Waals surface area contributed by atoms with Crippen molar-refractivity contribution in [1.29, 1.82) is 0 Å². The number of hydrogen-bond acceptors (Lipinski definition) is 5. The molecule has 4 aromatic rings. The van der Waals surface area contributed by atoms with Gasteiger partial charge in [-0.3, -0.25) is 0 Å². The van der Waals surface area contributed by atoms with E-state index in [1.54, 1.807) is 18.5 Å². The minimum atomic E-state index is -0.438. The van der Waals surface area contributed by atoms with Crippen LogP contribution in [0.1, 0.15) is 6.92 Å². The second kappa shape index (κ2) is 4.87. The van der Waals surface area contributed by atoms with Gasteiger partial charge in [-0.1, -0.05) is 30.3 Å². The minimum absolute atomic E-state index is 0.105. The number of aryl methyl sites for hydroxylation is 1. The first-order chi connectivity index (χ1) is 11.2. The van der Waals surface area contributed by atoms with Gasteiger partial charge in [-0.25, -0.2) is 4.98 Å². The molecule has 8 heteroatoms. The van der Waals surface area contributed by atoms with Crippen molar-refractivity contribution in [2.45, 2.75) is 13.5 Å². The molecule has 0 radical (unpaired) electrons. The van der Waals surface area contributed by atoms with E-state index in [9.17, 15) is 10.1 Å². The number of nitro groups is 1. The maximum absolute atomic E-state index is 11.6. The van der Waals surface area contributed by atoms with Crippen LogP contribution in [0.25, 0.3) is 28.1 Å². The molecule has 0 aliphatic heterocycles. The highest BCUT2D eigenvalue weighted by molar-refractivity contribution is 5.88. The fourth-order valence-electron chi connectivity index (χ4n) is 2.68. The van der Waals surface area contributed by atoms with Crippen molar-refractivity contribution in [1.82, 2.24) is 23.9 Å². The summed E-state index contributed by atoms with van der Waals surface area (Å²) in [6.07, 6.45) is 3.10. The van der Waals surface area contributed by atoms with Crippen LogP contribution in [0.15, 0.2) is 43.0 Å². The summed E-state index contributed by atoms with van der Waals surface area (Å²) in [6, 6.07) is 9.09. The molecule has 0 N–H and O–H groups in total. The Morgan fingerprint density at radius 1 is 1.13 bits per heavy atom. The number of imidazole rings is 2. The maximum Gasteiger partial charge on any atom is 0.357 e. The van der Waals surface area contributed by atoms with Gasteiger partial charge in [-0.05, 0) is 11.8 Å². The number of hydrogen-bond donors (Lipinski definition) is 0. The van der Waals surface area contributed by atoms with E-state index in [1.165, 1.54) is 10.7 Å². The second-order valence-electron chi connectivity index (χ2n) is 5.05. The molecule has 0 saturated heterocycles. The van der Waals surface area contributed by atoms with Crippen LogP contribution >= 0.6 is 0 Å². The zero-order valence-corrected chi connectivity index (χ0v) is 12.2. The van der Waals surface area contributed by atoms with Crippen molar-refractivity contribution in [3.8, 4) is 11.3 Å². The number of fused-ring (bicyclic) bond motifs is 3. The zero-order chi connectivity index (χ0) is 16.0. The Kier molecular flexibility index (Phi) is 2.83. The predicted molar refractivity (Wildman–Crippen MR) is 84.0 cm³/mol. The molecule has 0 atom stereocenters. The first-order valence-corrected chi connectivity index (χ1v) is 7.12. The molecule has 0 amide bonds. The van der Waals surface area contributed by atoms with Gasteiger partial charge in [0.15, 0.2) is 23.2 Å². The third-order valence-electron chi connectivity index (χ3n) is 3.76. The Morgan fingerprint density at radius 2 is 1.91 bits per heavy atom. The summed E-state index contributed by atoms with van der Waals surface area (Å²) in [4.78, 5) is 24.2. The Balaban J connectivity index is 2.11. The highest BCUT2D eigenvalue weighted by Gasteiger charge is 2.26. The van der Waals surface area contributed by atoms with Gasteiger partial charge in [0.05, 0.1) is 6.33 Å². The Hall–Kier alpha value is -3.29. The summed E-state index contributed by atoms with van der Waals surface area (Å²) < 4.78 is 3.26. The van der Waals surface area contributed by atoms with Crippen molar-refractivity contribution in [3.63, 3.8) is 0 Å². The van der Waals surface area contributed by atoms with Gasteiger partial charge < -0.3 is 14.7 Å². The molecule has 114 valence electrons. The number of aromatic nitrogens is 5. The van der Waals surface area contributed by atoms with Crippen LogP contribution in [0.5, 0.6) is 0 Å². The van der Waals surface area contributed by atoms with Crippen LogP contribution in [0.4, 0.5) is 5.82 Å². The highest BCUT2D eigenvalue weighted by Crippen LogP contribution is 2.31. The number of nitrogens with zero attached hydrogens (tertiary/aromatic N) is 6. The van der Waals surface area contributed by atoms with Gasteiger partial charge in [-0.15, -0.1) is 0 Å². The van der Waals surface area contributed by atoms with E-state index in [0.29, 0.717) is 34.6 Å². The van der Waals surface area contributed by atoms with Gasteiger partial charge in [0.2, 0.25) is 0 Å². The predicted octanol–water partition coefficient (Wildman–Crippen LogP) is 2.67. The third kappa shape index (κ3) is 1.88. The van der Waals surface area contributed by atoms with E-state index in [-0.39, 0.29) is 5.82 Å². The van der Waals surface area contributed by atoms with E-state index in [0.717, 1.165) is 0 Å². The van der Waals surface area contributed by atoms with E-state index in [1.807, 2.05) is 29.7 Å². The van der Waals surface area contributed by atoms with Crippen molar-refractivity contribution in [2.24, 2.45) is 0 Å². The quantitative estimate of drug-likeness (QED) is 0.428. The lowest BCUT2D eigenvalue weighted by atomic mass is 10.1. The molecule has 0 saturated carbocycles. The molecule has 3 aromatic heterocycles. The van der Waals surface area contributed by atoms with Gasteiger partial charge in [0, 0.05) is 12.1 Å². The Morgan fingerprint density at radius 3 is 2.61 bits per heavy atom. The van der Waals surface area contributed by atoms with E-state index < -0.39 is 4.92 Å². The van der Waals surface area contributed by atoms with Crippen molar-refractivity contribution in [2.75, 3.05) is 0 Å². The van der Waals surface area contributed by atoms with Gasteiger partial charge in [0.25, 0.3) is 5.65 Å². The lowest BCUT2D eigenvalue weighted by molar-refractivity contribution is -0.389. The second-order valence-corrected chi connectivity index (χ2v) is 5.05. The number of benzene rings is 1. The van der Waals surface area contributed by atoms with Crippen LogP contribution in [-0.4, -0.2) is 28.8 Å². The summed E-state index contributed by atoms with van der Waals surface area (Å²) >= 11 is 0. The summed E-state index contributed by atoms with van der Waals surface area (Å²) in [5.74, 6) is -0.105. The fourth-order valence-corrected chi connectivity index (χ4v) is 2.68. The molecular weight excluding hydrogens is 296 g/mol. The first kappa shape index (κ1) is 13.4. The van der Waals surface area contributed by atoms with Crippen molar-refractivity contribution >= 4 is 22.6 Å². The fraction of sp³-hybridized carbons (Fsp3) is 0.133. The maximum atomic E-state index is 11.6. The molecule has 4 rings (SSSR count). The monoisotopic (exact) mass is 308 g/mol. The van der Waals surface area contributed by atoms with E-state index >= 15 is 0 Å². The Labute approximate surface area is 130 Å². The normalized spacial score (nSPS) is 11.3. The molecule has 8 nitrogen and oxygen atoms in total. The topological polar surface area (TPSA) is 91.2 Å². The van der Waals surface area contributed by atoms with Crippen LogP contribution < -0.4 is 0 Å². The average molecular weight is 308 g/mol. The first-order valence-electron chi connectivity index (χ1n) is 7.12. The van der Waals surface area contributed by atoms with Crippen molar-refractivity contribution < 1.29 is 4.92 Å². The van der Waals surface area contributed by atoms with Crippen LogP contribution in [0.2, 0.25) is 0 Å². The van der Waals surface area contributed by atoms with Crippen LogP contribution in [-0.2, 0) is 6.54 Å². The van der Waals surface area contributed by atoms with Gasteiger partial charge in [0.1, 0.15) is 0 Å². The van der Waals surface area contributed by atoms with E-state index in [4.69, 9.17) is 0 Å². The summed E-state index contributed by atoms with van der Waals surface area (Å²) in [6.45, 7) is 2.70. The van der Waals surface area contributed by atoms with Gasteiger partial charge in [-0.2, -0.15) is 14.4 Å². The van der Waals surface area contributed by atoms with Gasteiger partial charge >= 0.3 is 5.82 Å². The molecule has 3 heterocycles. The molecule has 1 aromatic carbocycles. The molecule has 0 unspecified atom stereocenters. The highest BCUT2D eigenvalue weighted by atomic mass is 16.6. The molecule has 0 bridgehead atoms. The summed E-state index contributed by atoms with van der Waals surface area (Å²) in [5, 5.41) is 11.6. The minimum Gasteiger partial charge on any atom is -0.358 e. The molecule has 0 fully saturated rings. The average Bonchev–Trinajstić information content (AvgIpc) is 3.16. The zero-order valence-electron chi connectivity index (χ0n) is 12.2. The molecule has 0 aliphatic carbocycles. The molecular formula is C15H12N6O2. The Bertz CT molecular complexity index is 1030. The lowest BCUT2D eigenvalue weighted by Gasteiger charge is -1.98. The molecule has 0 aliphatic rings. The lowest BCUT2D eigenvalue weighted by Crippen LogP contribution is -1.99. The number of rotatable bonds is 3. The largest absolute Gasteiger partial charge is 0.358 e. The summed E-state index contributed by atoms with van der Waals surface area (Å²) in [5.41, 5.74) is 2.66. The SMILES string of the molecule is CCn1cnc2c1ncn1c([N+](=O)[O-])c(-c3ccccc3)nc21. The summed E-state index contributed by atoms with van der Waals surface area (Å²) in [7, 11) is 0.